The number of carbonyl (C=O) groups is 4. The maximum atomic E-state index is 14.7. The van der Waals surface area contributed by atoms with Gasteiger partial charge in [0, 0.05) is 35.0 Å². The second-order valence-electron chi connectivity index (χ2n) is 13.8. The molecule has 2 aliphatic carbocycles. The zero-order valence-corrected chi connectivity index (χ0v) is 28.4. The van der Waals surface area contributed by atoms with Crippen molar-refractivity contribution in [1.29, 1.82) is 0 Å². The standard InChI is InChI=1S/C41H37N3O7/c1-41-31(38(47)44(40(41)49)25-12-8-5-9-13-25)22-30-28(36(41)35-32(45)20-27(50-2)21-33(35)51-3)18-19-29-34(30)39(48)43(37(29)46)26-16-14-24(15-17-26)42-23-10-6-4-7-11-23/h4-18,20-21,29-31,34,36,42,45H,19,22H2,1-3H3. The van der Waals surface area contributed by atoms with E-state index in [1.807, 2.05) is 54.6 Å². The van der Waals surface area contributed by atoms with Crippen molar-refractivity contribution in [2.45, 2.75) is 25.7 Å². The molecule has 8 rings (SSSR count). The molecular formula is C41H37N3O7. The van der Waals surface area contributed by atoms with E-state index in [2.05, 4.69) is 5.32 Å². The van der Waals surface area contributed by atoms with Gasteiger partial charge in [0.25, 0.3) is 0 Å². The lowest BCUT2D eigenvalue weighted by Crippen LogP contribution is -2.49. The number of rotatable bonds is 7. The van der Waals surface area contributed by atoms with Gasteiger partial charge in [-0.3, -0.25) is 24.1 Å². The quantitative estimate of drug-likeness (QED) is 0.165. The highest BCUT2D eigenvalue weighted by Gasteiger charge is 2.68. The van der Waals surface area contributed by atoms with E-state index in [4.69, 9.17) is 9.47 Å². The van der Waals surface area contributed by atoms with Crippen LogP contribution < -0.4 is 24.6 Å². The van der Waals surface area contributed by atoms with Crippen LogP contribution in [0.3, 0.4) is 0 Å². The van der Waals surface area contributed by atoms with Crippen molar-refractivity contribution in [3.05, 3.63) is 114 Å². The van der Waals surface area contributed by atoms with E-state index in [0.717, 1.165) is 16.9 Å². The first-order chi connectivity index (χ1) is 24.7. The van der Waals surface area contributed by atoms with Crippen LogP contribution in [0, 0.1) is 29.1 Å². The van der Waals surface area contributed by atoms with Crippen molar-refractivity contribution in [2.24, 2.45) is 29.1 Å². The lowest BCUT2D eigenvalue weighted by atomic mass is 9.51. The largest absolute Gasteiger partial charge is 0.507 e. The van der Waals surface area contributed by atoms with Crippen LogP contribution in [-0.4, -0.2) is 43.0 Å². The number of amides is 4. The third-order valence-electron chi connectivity index (χ3n) is 11.3. The van der Waals surface area contributed by atoms with E-state index in [9.17, 15) is 24.3 Å². The summed E-state index contributed by atoms with van der Waals surface area (Å²) in [6.45, 7) is 1.77. The molecule has 0 bridgehead atoms. The predicted octanol–water partition coefficient (Wildman–Crippen LogP) is 6.59. The molecule has 2 N–H and O–H groups in total. The van der Waals surface area contributed by atoms with Crippen molar-refractivity contribution >= 4 is 46.4 Å². The Hall–Kier alpha value is -5.90. The number of benzene rings is 4. The highest BCUT2D eigenvalue weighted by atomic mass is 16.5. The summed E-state index contributed by atoms with van der Waals surface area (Å²) in [4.78, 5) is 60.2. The number of hydrogen-bond acceptors (Lipinski definition) is 8. The fourth-order valence-electron chi connectivity index (χ4n) is 8.95. The molecule has 4 aliphatic rings. The number of phenols is 1. The molecule has 4 aromatic carbocycles. The SMILES string of the molecule is COc1cc(O)c(C2C3=CCC4C(=O)N(c5ccc(Nc6ccccc6)cc5)C(=O)C4C3CC3C(=O)N(c4ccccc4)C(=O)C32C)c(OC)c1. The first kappa shape index (κ1) is 32.3. The number of imide groups is 2. The van der Waals surface area contributed by atoms with E-state index >= 15 is 0 Å². The summed E-state index contributed by atoms with van der Waals surface area (Å²) in [5.41, 5.74) is 2.38. The minimum atomic E-state index is -1.34. The Morgan fingerprint density at radius 2 is 1.39 bits per heavy atom. The number of ether oxygens (including phenoxy) is 2. The number of methoxy groups -OCH3 is 2. The van der Waals surface area contributed by atoms with Gasteiger partial charge in [0.05, 0.1) is 48.8 Å². The van der Waals surface area contributed by atoms with Gasteiger partial charge in [-0.1, -0.05) is 48.0 Å². The van der Waals surface area contributed by atoms with Gasteiger partial charge in [-0.25, -0.2) is 4.90 Å². The fraction of sp³-hybridized carbons (Fsp3) is 0.268. The predicted molar refractivity (Wildman–Crippen MR) is 191 cm³/mol. The molecule has 6 atom stereocenters. The van der Waals surface area contributed by atoms with Crippen molar-refractivity contribution in [1.82, 2.24) is 0 Å². The Kier molecular flexibility index (Phi) is 7.70. The lowest BCUT2D eigenvalue weighted by molar-refractivity contribution is -0.131. The summed E-state index contributed by atoms with van der Waals surface area (Å²) < 4.78 is 11.2. The van der Waals surface area contributed by atoms with Gasteiger partial charge in [0.15, 0.2) is 0 Å². The number of nitrogens with zero attached hydrogens (tertiary/aromatic N) is 2. The van der Waals surface area contributed by atoms with Crippen molar-refractivity contribution in [3.63, 3.8) is 0 Å². The molecule has 0 aromatic heterocycles. The van der Waals surface area contributed by atoms with Gasteiger partial charge in [0.1, 0.15) is 17.2 Å². The number of allylic oxidation sites excluding steroid dienone is 2. The first-order valence-electron chi connectivity index (χ1n) is 17.1. The van der Waals surface area contributed by atoms with Crippen LogP contribution in [0.15, 0.2) is 109 Å². The van der Waals surface area contributed by atoms with E-state index < -0.39 is 40.9 Å². The summed E-state index contributed by atoms with van der Waals surface area (Å²) in [7, 11) is 2.95. The summed E-state index contributed by atoms with van der Waals surface area (Å²) in [6.07, 6.45) is 2.41. The van der Waals surface area contributed by atoms with E-state index in [1.165, 1.54) is 30.1 Å². The molecule has 4 aromatic rings. The topological polar surface area (TPSA) is 125 Å². The van der Waals surface area contributed by atoms with Gasteiger partial charge < -0.3 is 19.9 Å². The zero-order chi connectivity index (χ0) is 35.6. The number of hydrogen-bond donors (Lipinski definition) is 2. The van der Waals surface area contributed by atoms with E-state index in [-0.39, 0.29) is 36.3 Å². The second-order valence-corrected chi connectivity index (χ2v) is 13.8. The third-order valence-corrected chi connectivity index (χ3v) is 11.3. The normalized spacial score (nSPS) is 26.7. The average molecular weight is 684 g/mol. The Morgan fingerprint density at radius 3 is 2.06 bits per heavy atom. The molecule has 4 amide bonds. The van der Waals surface area contributed by atoms with Crippen LogP contribution in [0.25, 0.3) is 0 Å². The number of aromatic hydroxyl groups is 1. The highest BCUT2D eigenvalue weighted by Crippen LogP contribution is 2.65. The maximum Gasteiger partial charge on any atom is 0.241 e. The molecule has 0 radical (unpaired) electrons. The average Bonchev–Trinajstić information content (AvgIpc) is 3.52. The van der Waals surface area contributed by atoms with Gasteiger partial charge >= 0.3 is 0 Å². The minimum Gasteiger partial charge on any atom is -0.507 e. The third kappa shape index (κ3) is 4.84. The summed E-state index contributed by atoms with van der Waals surface area (Å²) >= 11 is 0. The molecule has 10 nitrogen and oxygen atoms in total. The van der Waals surface area contributed by atoms with E-state index in [1.54, 1.807) is 49.4 Å². The van der Waals surface area contributed by atoms with Crippen LogP contribution in [0.5, 0.6) is 17.2 Å². The number of carbonyl (C=O) groups excluding carboxylic acids is 4. The minimum absolute atomic E-state index is 0.155. The molecule has 3 fully saturated rings. The monoisotopic (exact) mass is 683 g/mol. The molecule has 51 heavy (non-hydrogen) atoms. The van der Waals surface area contributed by atoms with Crippen molar-refractivity contribution in [3.8, 4) is 17.2 Å². The molecule has 258 valence electrons. The molecule has 1 saturated carbocycles. The Labute approximate surface area is 295 Å². The molecular weight excluding hydrogens is 646 g/mol. The van der Waals surface area contributed by atoms with Crippen LogP contribution >= 0.6 is 0 Å². The molecule has 2 heterocycles. The Bertz CT molecular complexity index is 2100. The number of phenolic OH excluding ortho intramolecular Hbond substituents is 1. The lowest BCUT2D eigenvalue weighted by Gasteiger charge is -2.49. The van der Waals surface area contributed by atoms with Crippen LogP contribution in [0.1, 0.15) is 31.2 Å². The summed E-state index contributed by atoms with van der Waals surface area (Å²) in [5.74, 6) is -4.54. The Morgan fingerprint density at radius 1 is 0.745 bits per heavy atom. The second kappa shape index (κ2) is 12.2. The number of anilines is 4. The first-order valence-corrected chi connectivity index (χ1v) is 17.1. The van der Waals surface area contributed by atoms with Gasteiger partial charge in [-0.2, -0.15) is 0 Å². The Balaban J connectivity index is 1.21. The fourth-order valence-corrected chi connectivity index (χ4v) is 8.95. The van der Waals surface area contributed by atoms with E-state index in [0.29, 0.717) is 28.4 Å². The molecule has 0 spiro atoms. The van der Waals surface area contributed by atoms with Crippen molar-refractivity contribution in [2.75, 3.05) is 29.3 Å². The van der Waals surface area contributed by atoms with Crippen LogP contribution in [0.2, 0.25) is 0 Å². The number of para-hydroxylation sites is 2. The number of nitrogens with one attached hydrogen (secondary N) is 1. The van der Waals surface area contributed by atoms with Gasteiger partial charge in [0.2, 0.25) is 23.6 Å². The smallest absolute Gasteiger partial charge is 0.241 e. The number of fused-ring (bicyclic) bond motifs is 4. The molecule has 6 unspecified atom stereocenters. The van der Waals surface area contributed by atoms with Crippen molar-refractivity contribution < 1.29 is 33.8 Å². The highest BCUT2D eigenvalue weighted by molar-refractivity contribution is 6.25. The van der Waals surface area contributed by atoms with Crippen LogP contribution in [-0.2, 0) is 19.2 Å². The summed E-state index contributed by atoms with van der Waals surface area (Å²) in [6, 6.07) is 28.8. The van der Waals surface area contributed by atoms with Gasteiger partial charge in [-0.05, 0) is 74.2 Å². The molecule has 10 heteroatoms. The van der Waals surface area contributed by atoms with Crippen LogP contribution in [0.4, 0.5) is 22.7 Å². The molecule has 2 saturated heterocycles. The molecule has 2 aliphatic heterocycles. The zero-order valence-electron chi connectivity index (χ0n) is 28.4. The van der Waals surface area contributed by atoms with Gasteiger partial charge in [-0.15, -0.1) is 0 Å². The summed E-state index contributed by atoms with van der Waals surface area (Å²) in [5, 5.41) is 14.9. The maximum absolute atomic E-state index is 14.7.